The van der Waals surface area contributed by atoms with Gasteiger partial charge in [0.25, 0.3) is 0 Å². The van der Waals surface area contributed by atoms with Crippen LogP contribution in [0, 0.1) is 0 Å². The van der Waals surface area contributed by atoms with Gasteiger partial charge < -0.3 is 20.1 Å². The van der Waals surface area contributed by atoms with Crippen LogP contribution in [0.2, 0.25) is 0 Å². The molecule has 0 saturated carbocycles. The van der Waals surface area contributed by atoms with E-state index in [1.54, 1.807) is 6.92 Å². The first-order valence-corrected chi connectivity index (χ1v) is 9.46. The van der Waals surface area contributed by atoms with Gasteiger partial charge in [-0.3, -0.25) is 9.59 Å². The summed E-state index contributed by atoms with van der Waals surface area (Å²) in [6, 6.07) is 13.9. The Hall–Kier alpha value is -3.42. The fourth-order valence-electron chi connectivity index (χ4n) is 2.50. The molecule has 0 spiro atoms. The summed E-state index contributed by atoms with van der Waals surface area (Å²) < 4.78 is 34.6. The minimum atomic E-state index is -2.96. The highest BCUT2D eigenvalue weighted by molar-refractivity contribution is 5.92. The van der Waals surface area contributed by atoms with Crippen molar-refractivity contribution in [2.45, 2.75) is 26.5 Å². The minimum Gasteiger partial charge on any atom is -0.490 e. The van der Waals surface area contributed by atoms with Crippen molar-refractivity contribution in [2.75, 3.05) is 13.2 Å². The van der Waals surface area contributed by atoms with Gasteiger partial charge in [0.05, 0.1) is 6.61 Å². The quantitative estimate of drug-likeness (QED) is 0.548. The first-order chi connectivity index (χ1) is 14.5. The molecule has 0 atom stereocenters. The Kier molecular flexibility index (Phi) is 9.30. The molecule has 160 valence electrons. The van der Waals surface area contributed by atoms with Crippen LogP contribution in [0.1, 0.15) is 24.5 Å². The van der Waals surface area contributed by atoms with Gasteiger partial charge in [-0.25, -0.2) is 0 Å². The maximum Gasteiger partial charge on any atom is 0.387 e. The van der Waals surface area contributed by atoms with E-state index in [9.17, 15) is 18.4 Å². The molecule has 0 saturated heterocycles. The zero-order valence-corrected chi connectivity index (χ0v) is 16.6. The van der Waals surface area contributed by atoms with Crippen LogP contribution in [0.3, 0.4) is 0 Å². The number of hydrogen-bond donors (Lipinski definition) is 2. The summed E-state index contributed by atoms with van der Waals surface area (Å²) in [5.74, 6) is -0.457. The molecular formula is C22H24F2N2O4. The number of halogens is 2. The number of hydrogen-bond acceptors (Lipinski definition) is 4. The van der Waals surface area contributed by atoms with Crippen LogP contribution in [0.15, 0.2) is 54.6 Å². The molecule has 2 N–H and O–H groups in total. The molecule has 0 aromatic heterocycles. The highest BCUT2D eigenvalue weighted by atomic mass is 19.3. The summed E-state index contributed by atoms with van der Waals surface area (Å²) in [5.41, 5.74) is 1.57. The van der Waals surface area contributed by atoms with Gasteiger partial charge in [0.2, 0.25) is 11.8 Å². The number of nitrogens with one attached hydrogen (secondary N) is 2. The summed E-state index contributed by atoms with van der Waals surface area (Å²) >= 11 is 0. The lowest BCUT2D eigenvalue weighted by molar-refractivity contribution is -0.121. The Balaban J connectivity index is 1.78. The molecule has 0 heterocycles. The molecule has 30 heavy (non-hydrogen) atoms. The van der Waals surface area contributed by atoms with E-state index in [0.29, 0.717) is 12.1 Å². The van der Waals surface area contributed by atoms with E-state index in [4.69, 9.17) is 4.74 Å². The van der Waals surface area contributed by atoms with E-state index in [0.717, 1.165) is 5.56 Å². The molecule has 2 aromatic rings. The maximum atomic E-state index is 12.4. The topological polar surface area (TPSA) is 76.7 Å². The third kappa shape index (κ3) is 8.30. The van der Waals surface area contributed by atoms with Crippen molar-refractivity contribution < 1.29 is 27.8 Å². The van der Waals surface area contributed by atoms with E-state index in [-0.39, 0.29) is 42.9 Å². The van der Waals surface area contributed by atoms with Crippen molar-refractivity contribution in [1.82, 2.24) is 10.6 Å². The number of alkyl halides is 2. The van der Waals surface area contributed by atoms with Gasteiger partial charge in [-0.2, -0.15) is 8.78 Å². The van der Waals surface area contributed by atoms with Crippen LogP contribution in [0.5, 0.6) is 11.5 Å². The summed E-state index contributed by atoms with van der Waals surface area (Å²) in [7, 11) is 0. The van der Waals surface area contributed by atoms with Gasteiger partial charge in [0.1, 0.15) is 0 Å². The minimum absolute atomic E-state index is 0.0741. The molecule has 0 fully saturated rings. The van der Waals surface area contributed by atoms with Gasteiger partial charge in [-0.05, 0) is 36.3 Å². The smallest absolute Gasteiger partial charge is 0.387 e. The Bertz CT molecular complexity index is 857. The molecule has 6 nitrogen and oxygen atoms in total. The fraction of sp³-hybridized carbons (Fsp3) is 0.273. The Morgan fingerprint density at radius 3 is 2.53 bits per heavy atom. The standard InChI is InChI=1S/C22H24F2N2O4/c1-2-29-19-14-16(8-10-18(19)30-22(23)24)9-11-20(27)25-13-12-21(28)26-15-17-6-4-3-5-7-17/h3-11,14,22H,2,12-13,15H2,1H3,(H,25,27)(H,26,28)/b11-9+. The first kappa shape index (κ1) is 22.9. The highest BCUT2D eigenvalue weighted by Crippen LogP contribution is 2.30. The molecule has 0 aliphatic rings. The zero-order chi connectivity index (χ0) is 21.8. The Labute approximate surface area is 173 Å². The second-order valence-corrected chi connectivity index (χ2v) is 6.15. The number of rotatable bonds is 11. The van der Waals surface area contributed by atoms with Gasteiger partial charge >= 0.3 is 6.61 Å². The van der Waals surface area contributed by atoms with Gasteiger partial charge in [-0.15, -0.1) is 0 Å². The predicted molar refractivity (Wildman–Crippen MR) is 109 cm³/mol. The summed E-state index contributed by atoms with van der Waals surface area (Å²) in [4.78, 5) is 23.7. The monoisotopic (exact) mass is 418 g/mol. The lowest BCUT2D eigenvalue weighted by atomic mass is 10.2. The molecule has 8 heteroatoms. The zero-order valence-electron chi connectivity index (χ0n) is 16.6. The van der Waals surface area contributed by atoms with Crippen LogP contribution >= 0.6 is 0 Å². The van der Waals surface area contributed by atoms with Crippen molar-refractivity contribution >= 4 is 17.9 Å². The van der Waals surface area contributed by atoms with Crippen LogP contribution in [-0.2, 0) is 16.1 Å². The highest BCUT2D eigenvalue weighted by Gasteiger charge is 2.11. The van der Waals surface area contributed by atoms with Crippen molar-refractivity contribution in [3.63, 3.8) is 0 Å². The average molecular weight is 418 g/mol. The molecule has 2 aromatic carbocycles. The number of benzene rings is 2. The van der Waals surface area contributed by atoms with E-state index in [1.165, 1.54) is 30.4 Å². The molecule has 2 rings (SSSR count). The van der Waals surface area contributed by atoms with Crippen LogP contribution in [0.4, 0.5) is 8.78 Å². The van der Waals surface area contributed by atoms with Crippen LogP contribution in [-0.4, -0.2) is 31.6 Å². The third-order valence-electron chi connectivity index (χ3n) is 3.89. The van der Waals surface area contributed by atoms with Gasteiger partial charge in [0.15, 0.2) is 11.5 Å². The molecule has 0 bridgehead atoms. The van der Waals surface area contributed by atoms with Crippen molar-refractivity contribution in [1.29, 1.82) is 0 Å². The predicted octanol–water partition coefficient (Wildman–Crippen LogP) is 3.52. The van der Waals surface area contributed by atoms with Crippen LogP contribution in [0.25, 0.3) is 6.08 Å². The maximum absolute atomic E-state index is 12.4. The fourth-order valence-corrected chi connectivity index (χ4v) is 2.50. The Morgan fingerprint density at radius 2 is 1.83 bits per heavy atom. The van der Waals surface area contributed by atoms with Gasteiger partial charge in [-0.1, -0.05) is 36.4 Å². The van der Waals surface area contributed by atoms with Gasteiger partial charge in [0, 0.05) is 25.6 Å². The summed E-state index contributed by atoms with van der Waals surface area (Å²) in [5, 5.41) is 5.40. The van der Waals surface area contributed by atoms with E-state index in [1.807, 2.05) is 30.3 Å². The lowest BCUT2D eigenvalue weighted by Crippen LogP contribution is -2.29. The molecule has 0 aliphatic carbocycles. The molecule has 0 unspecified atom stereocenters. The normalized spacial score (nSPS) is 10.8. The number of ether oxygens (including phenoxy) is 2. The van der Waals surface area contributed by atoms with Crippen LogP contribution < -0.4 is 20.1 Å². The van der Waals surface area contributed by atoms with Crippen molar-refractivity contribution in [3.05, 3.63) is 65.7 Å². The van der Waals surface area contributed by atoms with E-state index < -0.39 is 6.61 Å². The van der Waals surface area contributed by atoms with Crippen molar-refractivity contribution in [3.8, 4) is 11.5 Å². The van der Waals surface area contributed by atoms with Crippen molar-refractivity contribution in [2.24, 2.45) is 0 Å². The second kappa shape index (κ2) is 12.2. The molecular weight excluding hydrogens is 394 g/mol. The summed E-state index contributed by atoms with van der Waals surface area (Å²) in [6.45, 7) is -0.338. The van der Waals surface area contributed by atoms with E-state index in [2.05, 4.69) is 15.4 Å². The molecule has 0 radical (unpaired) electrons. The number of carbonyl (C=O) groups excluding carboxylic acids is 2. The first-order valence-electron chi connectivity index (χ1n) is 9.46. The third-order valence-corrected chi connectivity index (χ3v) is 3.89. The summed E-state index contributed by atoms with van der Waals surface area (Å²) in [6.07, 6.45) is 2.96. The number of carbonyl (C=O) groups is 2. The SMILES string of the molecule is CCOc1cc(/C=C/C(=O)NCCC(=O)NCc2ccccc2)ccc1OC(F)F. The molecule has 2 amide bonds. The molecule has 0 aliphatic heterocycles. The number of amides is 2. The Morgan fingerprint density at radius 1 is 1.07 bits per heavy atom. The second-order valence-electron chi connectivity index (χ2n) is 6.15. The lowest BCUT2D eigenvalue weighted by Gasteiger charge is -2.11. The average Bonchev–Trinajstić information content (AvgIpc) is 2.73. The van der Waals surface area contributed by atoms with E-state index >= 15 is 0 Å². The largest absolute Gasteiger partial charge is 0.490 e.